The highest BCUT2D eigenvalue weighted by Crippen LogP contribution is 2.42. The number of benzene rings is 1. The third-order valence-corrected chi connectivity index (χ3v) is 8.99. The fourth-order valence-corrected chi connectivity index (χ4v) is 6.93. The third-order valence-electron chi connectivity index (χ3n) is 6.32. The first-order valence-corrected chi connectivity index (χ1v) is 12.2. The highest BCUT2D eigenvalue weighted by molar-refractivity contribution is 7.93. The second kappa shape index (κ2) is 8.58. The Kier molecular flexibility index (Phi) is 6.06. The normalized spacial score (nSPS) is 26.3. The van der Waals surface area contributed by atoms with E-state index in [1.54, 1.807) is 0 Å². The number of alkyl halides is 1. The second-order valence-electron chi connectivity index (χ2n) is 8.79. The number of sulfone groups is 1. The van der Waals surface area contributed by atoms with E-state index in [-0.39, 0.29) is 35.1 Å². The highest BCUT2D eigenvalue weighted by atomic mass is 32.2. The lowest BCUT2D eigenvalue weighted by Crippen LogP contribution is -2.59. The van der Waals surface area contributed by atoms with E-state index < -0.39 is 44.5 Å². The maximum absolute atomic E-state index is 14.9. The van der Waals surface area contributed by atoms with Gasteiger partial charge in [-0.3, -0.25) is 9.79 Å². The number of anilines is 1. The van der Waals surface area contributed by atoms with Crippen LogP contribution < -0.4 is 15.8 Å². The van der Waals surface area contributed by atoms with Gasteiger partial charge in [0, 0.05) is 17.8 Å². The number of amides is 1. The minimum Gasteiger partial charge on any atom is -0.461 e. The number of halogens is 2. The number of nitrogens with zero attached hydrogens (tertiary/aromatic N) is 3. The van der Waals surface area contributed by atoms with E-state index >= 15 is 0 Å². The van der Waals surface area contributed by atoms with Gasteiger partial charge in [-0.15, -0.1) is 0 Å². The third kappa shape index (κ3) is 4.11. The maximum Gasteiger partial charge on any atom is 0.274 e. The summed E-state index contributed by atoms with van der Waals surface area (Å²) >= 11 is 0. The number of nitrogens with two attached hydrogens (primary N) is 1. The van der Waals surface area contributed by atoms with E-state index in [1.807, 2.05) is 11.9 Å². The zero-order valence-corrected chi connectivity index (χ0v) is 19.5. The molecule has 2 aromatic rings. The molecule has 9 nitrogen and oxygen atoms in total. The molecule has 1 aromatic heterocycles. The van der Waals surface area contributed by atoms with Crippen molar-refractivity contribution in [3.63, 3.8) is 0 Å². The molecular formula is C22H25F2N5O4S. The highest BCUT2D eigenvalue weighted by Gasteiger charge is 2.57. The molecule has 2 atom stereocenters. The smallest absolute Gasteiger partial charge is 0.274 e. The predicted molar refractivity (Wildman–Crippen MR) is 123 cm³/mol. The van der Waals surface area contributed by atoms with Crippen LogP contribution in [0.15, 0.2) is 41.5 Å². The summed E-state index contributed by atoms with van der Waals surface area (Å²) in [5, 5.41) is 2.60. The maximum atomic E-state index is 14.9. The molecule has 1 amide bonds. The van der Waals surface area contributed by atoms with E-state index in [4.69, 9.17) is 5.73 Å². The molecule has 0 saturated carbocycles. The van der Waals surface area contributed by atoms with Crippen molar-refractivity contribution < 1.29 is 26.7 Å². The Morgan fingerprint density at radius 2 is 2.09 bits per heavy atom. The number of pyridine rings is 1. The average molecular weight is 494 g/mol. The molecule has 2 aliphatic rings. The molecule has 1 aromatic carbocycles. The summed E-state index contributed by atoms with van der Waals surface area (Å²) in [7, 11) is -1.95. The molecule has 1 spiro atoms. The van der Waals surface area contributed by atoms with E-state index in [0.717, 1.165) is 6.07 Å². The van der Waals surface area contributed by atoms with Crippen molar-refractivity contribution >= 4 is 27.3 Å². The zero-order chi connectivity index (χ0) is 24.7. The lowest BCUT2D eigenvalue weighted by atomic mass is 9.92. The standard InChI is InChI=1S/C22H25F2N5O4S/c1-21(12-34(31,32)22(20(25)28-21)7-8-29(2)11-22)16-9-14(3-5-17(16)24)27-19(30)18-6-4-15(10-26-18)33-13-23/h3-6,9-10H,7-8,11-13H2,1-2H3,(H2,25,28)(H,27,30)/t21-,22?/m0/s1. The monoisotopic (exact) mass is 493 g/mol. The molecule has 3 heterocycles. The summed E-state index contributed by atoms with van der Waals surface area (Å²) in [6, 6.07) is 6.56. The van der Waals surface area contributed by atoms with Gasteiger partial charge in [0.15, 0.2) is 9.84 Å². The van der Waals surface area contributed by atoms with Crippen molar-refractivity contribution in [2.45, 2.75) is 23.6 Å². The Hall–Kier alpha value is -3.12. The average Bonchev–Trinajstić information content (AvgIpc) is 3.18. The molecule has 1 unspecified atom stereocenters. The summed E-state index contributed by atoms with van der Waals surface area (Å²) in [5.41, 5.74) is 4.99. The molecule has 0 aliphatic carbocycles. The Labute approximate surface area is 195 Å². The van der Waals surface area contributed by atoms with Gasteiger partial charge in [-0.25, -0.2) is 22.2 Å². The number of nitrogens with one attached hydrogen (secondary N) is 1. The number of carbonyl (C=O) groups is 1. The van der Waals surface area contributed by atoms with Crippen LogP contribution in [-0.2, 0) is 15.4 Å². The van der Waals surface area contributed by atoms with Crippen molar-refractivity contribution in [1.82, 2.24) is 9.88 Å². The fourth-order valence-electron chi connectivity index (χ4n) is 4.51. The van der Waals surface area contributed by atoms with Crippen LogP contribution >= 0.6 is 0 Å². The number of aromatic nitrogens is 1. The minimum atomic E-state index is -3.77. The van der Waals surface area contributed by atoms with Crippen LogP contribution in [0.4, 0.5) is 14.5 Å². The second-order valence-corrected chi connectivity index (χ2v) is 11.1. The van der Waals surface area contributed by atoms with Gasteiger partial charge in [0.25, 0.3) is 5.91 Å². The van der Waals surface area contributed by atoms with Gasteiger partial charge in [0.2, 0.25) is 6.86 Å². The number of rotatable bonds is 5. The Morgan fingerprint density at radius 3 is 2.68 bits per heavy atom. The predicted octanol–water partition coefficient (Wildman–Crippen LogP) is 1.85. The molecule has 3 N–H and O–H groups in total. The zero-order valence-electron chi connectivity index (χ0n) is 18.7. The Balaban J connectivity index is 1.64. The Morgan fingerprint density at radius 1 is 1.32 bits per heavy atom. The van der Waals surface area contributed by atoms with Crippen LogP contribution in [0.1, 0.15) is 29.4 Å². The van der Waals surface area contributed by atoms with Gasteiger partial charge in [0.1, 0.15) is 33.4 Å². The molecular weight excluding hydrogens is 468 g/mol. The van der Waals surface area contributed by atoms with Gasteiger partial charge >= 0.3 is 0 Å². The van der Waals surface area contributed by atoms with E-state index in [2.05, 4.69) is 20.0 Å². The van der Waals surface area contributed by atoms with Crippen LogP contribution in [0.25, 0.3) is 0 Å². The molecule has 1 saturated heterocycles. The number of hydrogen-bond donors (Lipinski definition) is 2. The molecule has 2 aliphatic heterocycles. The van der Waals surface area contributed by atoms with Gasteiger partial charge < -0.3 is 20.7 Å². The first kappa shape index (κ1) is 24.0. The molecule has 182 valence electrons. The van der Waals surface area contributed by atoms with Crippen molar-refractivity contribution in [3.8, 4) is 5.75 Å². The van der Waals surface area contributed by atoms with Crippen LogP contribution in [-0.4, -0.2) is 67.5 Å². The van der Waals surface area contributed by atoms with Crippen LogP contribution in [0.5, 0.6) is 5.75 Å². The number of amidine groups is 1. The fraction of sp³-hybridized carbons (Fsp3) is 0.409. The minimum absolute atomic E-state index is 0.00215. The molecule has 4 rings (SSSR count). The van der Waals surface area contributed by atoms with Crippen molar-refractivity contribution in [2.75, 3.05) is 38.1 Å². The first-order valence-electron chi connectivity index (χ1n) is 10.5. The summed E-state index contributed by atoms with van der Waals surface area (Å²) in [4.78, 5) is 22.8. The van der Waals surface area contributed by atoms with E-state index in [0.29, 0.717) is 13.0 Å². The SMILES string of the molecule is CN1CCC2(C1)C(N)=N[C@](C)(c1cc(NC(=O)c3ccc(OCF)cn3)ccc1F)CS2(=O)=O. The summed E-state index contributed by atoms with van der Waals surface area (Å²) in [6.45, 7) is 1.29. The quantitative estimate of drug-likeness (QED) is 0.651. The van der Waals surface area contributed by atoms with Gasteiger partial charge in [0.05, 0.1) is 11.9 Å². The number of aliphatic imine (C=N–C) groups is 1. The van der Waals surface area contributed by atoms with Crippen molar-refractivity contribution in [3.05, 3.63) is 53.6 Å². The van der Waals surface area contributed by atoms with Crippen molar-refractivity contribution in [1.29, 1.82) is 0 Å². The van der Waals surface area contributed by atoms with Crippen LogP contribution in [0, 0.1) is 5.82 Å². The Bertz CT molecular complexity index is 1250. The number of likely N-dealkylation sites (tertiary alicyclic amines) is 1. The number of carbonyl (C=O) groups excluding carboxylic acids is 1. The number of hydrogen-bond acceptors (Lipinski definition) is 8. The lowest BCUT2D eigenvalue weighted by molar-refractivity contribution is 0.102. The lowest BCUT2D eigenvalue weighted by Gasteiger charge is -2.39. The van der Waals surface area contributed by atoms with Gasteiger partial charge in [-0.05, 0) is 57.3 Å². The van der Waals surface area contributed by atoms with E-state index in [9.17, 15) is 22.0 Å². The molecule has 0 bridgehead atoms. The summed E-state index contributed by atoms with van der Waals surface area (Å²) in [6.07, 6.45) is 1.53. The molecule has 0 radical (unpaired) electrons. The van der Waals surface area contributed by atoms with Crippen molar-refractivity contribution in [2.24, 2.45) is 10.7 Å². The molecule has 1 fully saturated rings. The summed E-state index contributed by atoms with van der Waals surface area (Å²) in [5.74, 6) is -1.55. The molecule has 34 heavy (non-hydrogen) atoms. The summed E-state index contributed by atoms with van der Waals surface area (Å²) < 4.78 is 57.3. The van der Waals surface area contributed by atoms with Crippen LogP contribution in [0.3, 0.4) is 0 Å². The largest absolute Gasteiger partial charge is 0.461 e. The van der Waals surface area contributed by atoms with E-state index in [1.165, 1.54) is 37.4 Å². The molecule has 12 heteroatoms. The van der Waals surface area contributed by atoms with Crippen LogP contribution in [0.2, 0.25) is 0 Å². The number of ether oxygens (including phenoxy) is 1. The topological polar surface area (TPSA) is 127 Å². The first-order chi connectivity index (χ1) is 16.0. The van der Waals surface area contributed by atoms with Gasteiger partial charge in [-0.1, -0.05) is 0 Å². The van der Waals surface area contributed by atoms with Gasteiger partial charge in [-0.2, -0.15) is 0 Å².